The van der Waals surface area contributed by atoms with Crippen LogP contribution in [0.15, 0.2) is 42.5 Å². The summed E-state index contributed by atoms with van der Waals surface area (Å²) in [7, 11) is 1.69. The highest BCUT2D eigenvalue weighted by atomic mass is 16.5. The molecule has 0 atom stereocenters. The Hall–Kier alpha value is -2.33. The van der Waals surface area contributed by atoms with Crippen molar-refractivity contribution in [2.24, 2.45) is 0 Å². The van der Waals surface area contributed by atoms with Gasteiger partial charge in [-0.1, -0.05) is 12.1 Å². The number of benzene rings is 2. The van der Waals surface area contributed by atoms with E-state index in [2.05, 4.69) is 0 Å². The van der Waals surface area contributed by atoms with Gasteiger partial charge in [-0.3, -0.25) is 4.79 Å². The first-order valence-electron chi connectivity index (χ1n) is 6.76. The van der Waals surface area contributed by atoms with Crippen molar-refractivity contribution in [1.29, 1.82) is 0 Å². The fourth-order valence-corrected chi connectivity index (χ4v) is 2.01. The highest BCUT2D eigenvalue weighted by molar-refractivity contribution is 5.99. The molecular weight excluding hydrogens is 266 g/mol. The lowest BCUT2D eigenvalue weighted by atomic mass is 10.1. The molecular formula is C17H19NO3. The quantitative estimate of drug-likeness (QED) is 0.652. The number of ketones is 1. The minimum Gasteiger partial charge on any atom is -0.457 e. The number of hydrogen-bond acceptors (Lipinski definition) is 4. The fraction of sp³-hybridized carbons (Fsp3) is 0.235. The fourth-order valence-electron chi connectivity index (χ4n) is 2.01. The topological polar surface area (TPSA) is 61.5 Å². The molecule has 2 aromatic carbocycles. The number of Topliss-reactive ketones (excluding diaryl/α,β-unsaturated/α-hetero) is 1. The van der Waals surface area contributed by atoms with E-state index in [-0.39, 0.29) is 5.78 Å². The summed E-state index contributed by atoms with van der Waals surface area (Å²) in [5.41, 5.74) is 7.97. The molecule has 0 spiro atoms. The van der Waals surface area contributed by atoms with Gasteiger partial charge in [0.05, 0.1) is 6.61 Å². The second kappa shape index (κ2) is 6.90. The van der Waals surface area contributed by atoms with Crippen LogP contribution in [0.5, 0.6) is 11.5 Å². The molecule has 0 fully saturated rings. The van der Waals surface area contributed by atoms with Crippen molar-refractivity contribution in [3.63, 3.8) is 0 Å². The maximum absolute atomic E-state index is 11.3. The van der Waals surface area contributed by atoms with Gasteiger partial charge in [-0.05, 0) is 43.2 Å². The number of nitrogen functional groups attached to an aromatic ring is 1. The Labute approximate surface area is 124 Å². The lowest BCUT2D eigenvalue weighted by Gasteiger charge is -2.09. The average Bonchev–Trinajstić information content (AvgIpc) is 2.46. The largest absolute Gasteiger partial charge is 0.457 e. The highest BCUT2D eigenvalue weighted by Crippen LogP contribution is 2.26. The van der Waals surface area contributed by atoms with Crippen molar-refractivity contribution < 1.29 is 14.3 Å². The summed E-state index contributed by atoms with van der Waals surface area (Å²) in [6.45, 7) is 2.19. The van der Waals surface area contributed by atoms with Gasteiger partial charge in [0.1, 0.15) is 11.5 Å². The van der Waals surface area contributed by atoms with Crippen LogP contribution in [0.4, 0.5) is 5.69 Å². The Morgan fingerprint density at radius 3 is 2.33 bits per heavy atom. The summed E-state index contributed by atoms with van der Waals surface area (Å²) in [6, 6.07) is 12.9. The van der Waals surface area contributed by atoms with Crippen LogP contribution in [0.3, 0.4) is 0 Å². The van der Waals surface area contributed by atoms with Gasteiger partial charge >= 0.3 is 0 Å². The van der Waals surface area contributed by atoms with Crippen LogP contribution in [0.1, 0.15) is 22.8 Å². The monoisotopic (exact) mass is 285 g/mol. The molecule has 0 aliphatic carbocycles. The Morgan fingerprint density at radius 1 is 1.10 bits per heavy atom. The van der Waals surface area contributed by atoms with Crippen molar-refractivity contribution >= 4 is 11.5 Å². The van der Waals surface area contributed by atoms with E-state index in [4.69, 9.17) is 15.2 Å². The van der Waals surface area contributed by atoms with Gasteiger partial charge in [0.15, 0.2) is 5.78 Å². The molecule has 0 heterocycles. The summed E-state index contributed by atoms with van der Waals surface area (Å²) in [5.74, 6) is 1.29. The number of rotatable bonds is 6. The van der Waals surface area contributed by atoms with E-state index in [9.17, 15) is 4.79 Å². The van der Waals surface area contributed by atoms with Crippen molar-refractivity contribution in [3.8, 4) is 11.5 Å². The third kappa shape index (κ3) is 4.07. The smallest absolute Gasteiger partial charge is 0.161 e. The molecule has 110 valence electrons. The van der Waals surface area contributed by atoms with Gasteiger partial charge in [0.25, 0.3) is 0 Å². The standard InChI is InChI=1S/C17H19NO3/c1-12(19)16-8-7-15(11-17(16)18)21-14-5-3-13(4-6-14)9-10-20-2/h3-8,11H,9-10,18H2,1-2H3. The number of methoxy groups -OCH3 is 1. The second-order valence-electron chi connectivity index (χ2n) is 4.79. The maximum atomic E-state index is 11.3. The molecule has 0 saturated heterocycles. The maximum Gasteiger partial charge on any atom is 0.161 e. The number of anilines is 1. The Bertz CT molecular complexity index is 620. The van der Waals surface area contributed by atoms with Crippen molar-refractivity contribution in [2.75, 3.05) is 19.5 Å². The minimum atomic E-state index is -0.0541. The Balaban J connectivity index is 2.07. The number of hydrogen-bond donors (Lipinski definition) is 1. The number of carbonyl (C=O) groups is 1. The normalized spacial score (nSPS) is 10.4. The predicted molar refractivity (Wildman–Crippen MR) is 83.0 cm³/mol. The van der Waals surface area contributed by atoms with Gasteiger partial charge in [-0.25, -0.2) is 0 Å². The highest BCUT2D eigenvalue weighted by Gasteiger charge is 2.06. The average molecular weight is 285 g/mol. The number of nitrogens with two attached hydrogens (primary N) is 1. The Morgan fingerprint density at radius 2 is 1.76 bits per heavy atom. The molecule has 0 unspecified atom stereocenters. The molecule has 4 heteroatoms. The molecule has 0 saturated carbocycles. The van der Waals surface area contributed by atoms with Gasteiger partial charge in [0, 0.05) is 24.4 Å². The second-order valence-corrected chi connectivity index (χ2v) is 4.79. The summed E-state index contributed by atoms with van der Waals surface area (Å²) >= 11 is 0. The van der Waals surface area contributed by atoms with Gasteiger partial charge < -0.3 is 15.2 Å². The third-order valence-corrected chi connectivity index (χ3v) is 3.16. The van der Waals surface area contributed by atoms with E-state index in [1.807, 2.05) is 24.3 Å². The molecule has 0 radical (unpaired) electrons. The van der Waals surface area contributed by atoms with Gasteiger partial charge in [-0.15, -0.1) is 0 Å². The zero-order chi connectivity index (χ0) is 15.2. The SMILES string of the molecule is COCCc1ccc(Oc2ccc(C(C)=O)c(N)c2)cc1. The first-order chi connectivity index (χ1) is 10.1. The zero-order valence-electron chi connectivity index (χ0n) is 12.3. The van der Waals surface area contributed by atoms with Crippen LogP contribution < -0.4 is 10.5 Å². The zero-order valence-corrected chi connectivity index (χ0v) is 12.3. The van der Waals surface area contributed by atoms with E-state index >= 15 is 0 Å². The summed E-state index contributed by atoms with van der Waals surface area (Å²) in [5, 5.41) is 0. The lowest BCUT2D eigenvalue weighted by molar-refractivity contribution is 0.101. The summed E-state index contributed by atoms with van der Waals surface area (Å²) < 4.78 is 10.8. The van der Waals surface area contributed by atoms with Crippen LogP contribution in [-0.2, 0) is 11.2 Å². The van der Waals surface area contributed by atoms with E-state index in [0.29, 0.717) is 23.6 Å². The van der Waals surface area contributed by atoms with Crippen molar-refractivity contribution in [2.45, 2.75) is 13.3 Å². The Kier molecular flexibility index (Phi) is 4.95. The summed E-state index contributed by atoms with van der Waals surface area (Å²) in [4.78, 5) is 11.3. The van der Waals surface area contributed by atoms with Crippen LogP contribution >= 0.6 is 0 Å². The molecule has 4 nitrogen and oxygen atoms in total. The first-order valence-corrected chi connectivity index (χ1v) is 6.76. The lowest BCUT2D eigenvalue weighted by Crippen LogP contribution is -1.99. The van der Waals surface area contributed by atoms with Gasteiger partial charge in [0.2, 0.25) is 0 Å². The molecule has 2 aromatic rings. The predicted octanol–water partition coefficient (Wildman–Crippen LogP) is 3.45. The van der Waals surface area contributed by atoms with E-state index in [1.165, 1.54) is 12.5 Å². The van der Waals surface area contributed by atoms with E-state index in [0.717, 1.165) is 12.2 Å². The van der Waals surface area contributed by atoms with Crippen LogP contribution in [-0.4, -0.2) is 19.5 Å². The number of carbonyl (C=O) groups excluding carboxylic acids is 1. The van der Waals surface area contributed by atoms with E-state index in [1.54, 1.807) is 25.3 Å². The molecule has 0 aliphatic rings. The number of ether oxygens (including phenoxy) is 2. The van der Waals surface area contributed by atoms with Crippen molar-refractivity contribution in [1.82, 2.24) is 0 Å². The first kappa shape index (κ1) is 15.1. The molecule has 2 N–H and O–H groups in total. The van der Waals surface area contributed by atoms with Crippen LogP contribution in [0.25, 0.3) is 0 Å². The molecule has 21 heavy (non-hydrogen) atoms. The van der Waals surface area contributed by atoms with Crippen LogP contribution in [0, 0.1) is 0 Å². The van der Waals surface area contributed by atoms with Crippen LogP contribution in [0.2, 0.25) is 0 Å². The molecule has 0 amide bonds. The minimum absolute atomic E-state index is 0.0541. The summed E-state index contributed by atoms with van der Waals surface area (Å²) in [6.07, 6.45) is 0.872. The van der Waals surface area contributed by atoms with Crippen molar-refractivity contribution in [3.05, 3.63) is 53.6 Å². The molecule has 2 rings (SSSR count). The molecule has 0 aliphatic heterocycles. The molecule has 0 aromatic heterocycles. The van der Waals surface area contributed by atoms with Gasteiger partial charge in [-0.2, -0.15) is 0 Å². The third-order valence-electron chi connectivity index (χ3n) is 3.16. The molecule has 0 bridgehead atoms. The van der Waals surface area contributed by atoms with E-state index < -0.39 is 0 Å².